The van der Waals surface area contributed by atoms with Crippen molar-refractivity contribution in [3.63, 3.8) is 0 Å². The molecule has 292 valence electrons. The van der Waals surface area contributed by atoms with Gasteiger partial charge in [0, 0.05) is 45.2 Å². The van der Waals surface area contributed by atoms with Crippen molar-refractivity contribution in [1.82, 2.24) is 9.97 Å². The Morgan fingerprint density at radius 3 is 1.63 bits per heavy atom. The summed E-state index contributed by atoms with van der Waals surface area (Å²) < 4.78 is 7.07. The fourth-order valence-corrected chi connectivity index (χ4v) is 10.3. The number of para-hydroxylation sites is 2. The lowest BCUT2D eigenvalue weighted by molar-refractivity contribution is 0.375. The van der Waals surface area contributed by atoms with Gasteiger partial charge in [0.2, 0.25) is 0 Å². The van der Waals surface area contributed by atoms with Gasteiger partial charge in [0.1, 0.15) is 11.5 Å². The summed E-state index contributed by atoms with van der Waals surface area (Å²) in [5, 5.41) is 0. The van der Waals surface area contributed by atoms with Crippen LogP contribution in [0.15, 0.2) is 231 Å². The average molecular weight is 793 g/mol. The molecule has 0 saturated carbocycles. The smallest absolute Gasteiger partial charge is 0.160 e. The number of ether oxygens (including phenoxy) is 1. The number of rotatable bonds is 6. The Bertz CT molecular complexity index is 3140. The molecule has 0 saturated heterocycles. The Labute approximate surface area is 362 Å². The highest BCUT2D eigenvalue weighted by molar-refractivity contribution is 5.83. The van der Waals surface area contributed by atoms with Gasteiger partial charge in [0.15, 0.2) is 5.82 Å². The molecule has 3 aliphatic rings. The summed E-state index contributed by atoms with van der Waals surface area (Å²) in [6.07, 6.45) is 9.22. The van der Waals surface area contributed by atoms with E-state index >= 15 is 0 Å². The third-order valence-electron chi connectivity index (χ3n) is 13.0. The molecule has 62 heavy (non-hydrogen) atoms. The number of benzene rings is 8. The molecule has 9 aromatic rings. The van der Waals surface area contributed by atoms with Gasteiger partial charge >= 0.3 is 0 Å². The van der Waals surface area contributed by atoms with Crippen LogP contribution in [0.4, 0.5) is 0 Å². The Balaban J connectivity index is 1.02. The maximum atomic E-state index is 7.07. The first-order valence-corrected chi connectivity index (χ1v) is 21.4. The summed E-state index contributed by atoms with van der Waals surface area (Å²) in [7, 11) is 0. The van der Waals surface area contributed by atoms with Crippen molar-refractivity contribution in [1.29, 1.82) is 0 Å². The Kier molecular flexibility index (Phi) is 8.53. The van der Waals surface area contributed by atoms with E-state index in [9.17, 15) is 0 Å². The molecule has 1 aromatic heterocycles. The summed E-state index contributed by atoms with van der Waals surface area (Å²) in [5.41, 5.74) is 16.1. The third-order valence-corrected chi connectivity index (χ3v) is 13.0. The fraction of sp³-hybridized carbons (Fsp3) is 0.0508. The Hall–Kier alpha value is -7.88. The Morgan fingerprint density at radius 1 is 0.387 bits per heavy atom. The van der Waals surface area contributed by atoms with E-state index in [1.165, 1.54) is 22.3 Å². The van der Waals surface area contributed by atoms with Crippen molar-refractivity contribution in [3.05, 3.63) is 253 Å². The number of allylic oxidation sites excluding steroid dienone is 4. The average Bonchev–Trinajstić information content (AvgIpc) is 3.65. The van der Waals surface area contributed by atoms with Gasteiger partial charge < -0.3 is 4.74 Å². The first-order valence-electron chi connectivity index (χ1n) is 21.4. The van der Waals surface area contributed by atoms with Crippen LogP contribution < -0.4 is 4.74 Å². The van der Waals surface area contributed by atoms with Gasteiger partial charge in [-0.25, -0.2) is 9.97 Å². The second-order valence-electron chi connectivity index (χ2n) is 16.4. The summed E-state index contributed by atoms with van der Waals surface area (Å²) in [6, 6.07) is 73.4. The van der Waals surface area contributed by atoms with Crippen LogP contribution in [0, 0.1) is 5.92 Å². The highest BCUT2D eigenvalue weighted by Gasteiger charge is 2.56. The van der Waals surface area contributed by atoms with E-state index in [1.807, 2.05) is 6.07 Å². The molecule has 0 N–H and O–H groups in total. The van der Waals surface area contributed by atoms with E-state index in [0.717, 1.165) is 73.0 Å². The maximum absolute atomic E-state index is 7.07. The highest BCUT2D eigenvalue weighted by Crippen LogP contribution is 2.65. The normalized spacial score (nSPS) is 17.7. The van der Waals surface area contributed by atoms with Gasteiger partial charge in [0.05, 0.1) is 16.8 Å². The van der Waals surface area contributed by atoms with E-state index in [1.54, 1.807) is 0 Å². The molecule has 8 aromatic carbocycles. The zero-order valence-electron chi connectivity index (χ0n) is 33.9. The molecule has 0 radical (unpaired) electrons. The molecule has 3 heteroatoms. The molecule has 0 fully saturated rings. The molecule has 2 aliphatic carbocycles. The van der Waals surface area contributed by atoms with Gasteiger partial charge in [-0.05, 0) is 69.3 Å². The van der Waals surface area contributed by atoms with Gasteiger partial charge in [0.25, 0.3) is 0 Å². The van der Waals surface area contributed by atoms with E-state index in [2.05, 4.69) is 224 Å². The van der Waals surface area contributed by atoms with Gasteiger partial charge in [-0.2, -0.15) is 0 Å². The highest BCUT2D eigenvalue weighted by atomic mass is 16.5. The largest absolute Gasteiger partial charge is 0.456 e. The monoisotopic (exact) mass is 792 g/mol. The molecule has 0 amide bonds. The van der Waals surface area contributed by atoms with Gasteiger partial charge in [-0.1, -0.05) is 200 Å². The van der Waals surface area contributed by atoms with Crippen LogP contribution in [-0.4, -0.2) is 9.97 Å². The van der Waals surface area contributed by atoms with Crippen molar-refractivity contribution in [2.75, 3.05) is 0 Å². The minimum atomic E-state index is -0.417. The van der Waals surface area contributed by atoms with Crippen molar-refractivity contribution >= 4 is 0 Å². The van der Waals surface area contributed by atoms with E-state index in [0.29, 0.717) is 5.82 Å². The standard InChI is InChI=1S/C59H40N2O/c1-3-17-39(18-4-1)41-21-13-24-44(35-41)54-38-55(61-58(60-54)46-26-14-22-42(36-46)40-19-5-2-6-20-40)45-25-15-23-43(37-45)47-29-16-33-53-57(47)62-56-34-12-11-32-52(56)59(53)50-30-9-7-27-48(50)49-28-8-10-31-51(49)59/h1-38,48,50H. The minimum Gasteiger partial charge on any atom is -0.456 e. The first kappa shape index (κ1) is 36.0. The molecule has 0 bridgehead atoms. The molecule has 3 unspecified atom stereocenters. The third kappa shape index (κ3) is 5.81. The lowest BCUT2D eigenvalue weighted by Crippen LogP contribution is -2.37. The van der Waals surface area contributed by atoms with Crippen LogP contribution in [0.2, 0.25) is 0 Å². The first-order chi connectivity index (χ1) is 30.7. The molecular formula is C59H40N2O. The number of nitrogens with zero attached hydrogens (tertiary/aromatic N) is 2. The molecule has 1 aliphatic heterocycles. The summed E-state index contributed by atoms with van der Waals surface area (Å²) >= 11 is 0. The quantitative estimate of drug-likeness (QED) is 0.168. The zero-order valence-corrected chi connectivity index (χ0v) is 33.9. The van der Waals surface area contributed by atoms with Gasteiger partial charge in [-0.15, -0.1) is 0 Å². The number of aromatic nitrogens is 2. The predicted octanol–water partition coefficient (Wildman–Crippen LogP) is 14.8. The lowest BCUT2D eigenvalue weighted by atomic mass is 9.61. The summed E-state index contributed by atoms with van der Waals surface area (Å²) in [6.45, 7) is 0. The predicted molar refractivity (Wildman–Crippen MR) is 252 cm³/mol. The minimum absolute atomic E-state index is 0.203. The van der Waals surface area contributed by atoms with Crippen LogP contribution in [0.1, 0.15) is 28.2 Å². The van der Waals surface area contributed by atoms with Crippen LogP contribution in [0.3, 0.4) is 0 Å². The maximum Gasteiger partial charge on any atom is 0.160 e. The second-order valence-corrected chi connectivity index (χ2v) is 16.4. The van der Waals surface area contributed by atoms with Crippen molar-refractivity contribution in [3.8, 4) is 78.8 Å². The molecule has 3 atom stereocenters. The number of fused-ring (bicyclic) bond motifs is 9. The van der Waals surface area contributed by atoms with Crippen molar-refractivity contribution < 1.29 is 4.74 Å². The second kappa shape index (κ2) is 14.7. The lowest BCUT2D eigenvalue weighted by Gasteiger charge is -2.43. The van der Waals surface area contributed by atoms with Crippen molar-refractivity contribution in [2.45, 2.75) is 11.3 Å². The number of hydrogen-bond donors (Lipinski definition) is 0. The van der Waals surface area contributed by atoms with E-state index in [4.69, 9.17) is 14.7 Å². The van der Waals surface area contributed by atoms with Crippen LogP contribution in [0.25, 0.3) is 67.3 Å². The zero-order chi connectivity index (χ0) is 41.0. The van der Waals surface area contributed by atoms with Gasteiger partial charge in [-0.3, -0.25) is 0 Å². The van der Waals surface area contributed by atoms with Crippen LogP contribution >= 0.6 is 0 Å². The van der Waals surface area contributed by atoms with E-state index < -0.39 is 5.41 Å². The van der Waals surface area contributed by atoms with E-state index in [-0.39, 0.29) is 11.8 Å². The molecule has 3 nitrogen and oxygen atoms in total. The van der Waals surface area contributed by atoms with Crippen LogP contribution in [-0.2, 0) is 5.41 Å². The molecular weight excluding hydrogens is 753 g/mol. The molecule has 1 spiro atoms. The van der Waals surface area contributed by atoms with Crippen LogP contribution in [0.5, 0.6) is 11.5 Å². The molecule has 2 heterocycles. The number of hydrogen-bond acceptors (Lipinski definition) is 3. The summed E-state index contributed by atoms with van der Waals surface area (Å²) in [5.74, 6) is 2.96. The Morgan fingerprint density at radius 2 is 0.903 bits per heavy atom. The summed E-state index contributed by atoms with van der Waals surface area (Å²) in [4.78, 5) is 10.6. The topological polar surface area (TPSA) is 35.0 Å². The fourth-order valence-electron chi connectivity index (χ4n) is 10.3. The SMILES string of the molecule is C1=CC2c3ccccc3C3(c4ccccc4Oc4c(-c5cccc(-c6cc(-c7cccc(-c8ccccc8)c7)nc(-c7cccc(-c8ccccc8)c7)n6)c5)cccc43)C2C=C1. The van der Waals surface area contributed by atoms with Crippen molar-refractivity contribution in [2.24, 2.45) is 5.92 Å². The molecule has 12 rings (SSSR count).